The van der Waals surface area contributed by atoms with E-state index < -0.39 is 17.8 Å². The Morgan fingerprint density at radius 3 is 2.86 bits per heavy atom. The summed E-state index contributed by atoms with van der Waals surface area (Å²) in [5.41, 5.74) is 2.63. The van der Waals surface area contributed by atoms with Gasteiger partial charge in [-0.1, -0.05) is 12.1 Å². The summed E-state index contributed by atoms with van der Waals surface area (Å²) in [6.07, 6.45) is -4.81. The van der Waals surface area contributed by atoms with Crippen LogP contribution in [-0.2, 0) is 17.5 Å². The highest BCUT2D eigenvalue weighted by Crippen LogP contribution is 2.32. The Hall–Kier alpha value is -1.40. The normalized spacial score (nSPS) is 18.0. The van der Waals surface area contributed by atoms with Crippen LogP contribution in [0.2, 0.25) is 0 Å². The lowest BCUT2D eigenvalue weighted by Crippen LogP contribution is -2.48. The second-order valence-electron chi connectivity index (χ2n) is 6.19. The standard InChI is InChI=1S/C18H21F3N4OS.HI/c1-12-16(27-11-24-12)9-23-17(22-2)25-6-7-26-15(10-25)13-4-3-5-14(8-13)18(19,20)21;/h3-5,8,11,15H,6-7,9-10H2,1-2H3,(H,22,23);1H. The number of aromatic nitrogens is 1. The zero-order valence-electron chi connectivity index (χ0n) is 15.5. The molecule has 3 rings (SSSR count). The van der Waals surface area contributed by atoms with E-state index in [4.69, 9.17) is 4.74 Å². The minimum Gasteiger partial charge on any atom is -0.370 e. The van der Waals surface area contributed by atoms with Crippen molar-refractivity contribution in [2.75, 3.05) is 26.7 Å². The molecule has 0 saturated carbocycles. The van der Waals surface area contributed by atoms with Crippen molar-refractivity contribution in [3.8, 4) is 0 Å². The smallest absolute Gasteiger partial charge is 0.370 e. The highest BCUT2D eigenvalue weighted by molar-refractivity contribution is 14.0. The molecule has 28 heavy (non-hydrogen) atoms. The number of aliphatic imine (C=N–C) groups is 1. The third-order valence-corrected chi connectivity index (χ3v) is 5.35. The van der Waals surface area contributed by atoms with E-state index in [1.54, 1.807) is 30.0 Å². The van der Waals surface area contributed by atoms with Crippen LogP contribution in [0.25, 0.3) is 0 Å². The summed E-state index contributed by atoms with van der Waals surface area (Å²) < 4.78 is 44.7. The Labute approximate surface area is 183 Å². The number of alkyl halides is 3. The van der Waals surface area contributed by atoms with Crippen molar-refractivity contribution in [1.82, 2.24) is 15.2 Å². The van der Waals surface area contributed by atoms with E-state index in [0.717, 1.165) is 22.7 Å². The van der Waals surface area contributed by atoms with Crippen molar-refractivity contribution in [2.45, 2.75) is 25.7 Å². The number of rotatable bonds is 3. The second-order valence-corrected chi connectivity index (χ2v) is 7.13. The maximum absolute atomic E-state index is 13.0. The number of ether oxygens (including phenoxy) is 1. The van der Waals surface area contributed by atoms with Crippen LogP contribution in [0.5, 0.6) is 0 Å². The molecule has 1 aliphatic rings. The molecule has 1 atom stereocenters. The number of hydrogen-bond donors (Lipinski definition) is 1. The van der Waals surface area contributed by atoms with E-state index in [1.807, 2.05) is 11.8 Å². The molecule has 1 fully saturated rings. The Kier molecular flexibility index (Phi) is 8.07. The molecular weight excluding hydrogens is 504 g/mol. The first-order valence-corrected chi connectivity index (χ1v) is 9.39. The average Bonchev–Trinajstić information content (AvgIpc) is 3.07. The number of hydrogen-bond acceptors (Lipinski definition) is 4. The van der Waals surface area contributed by atoms with Gasteiger partial charge >= 0.3 is 6.18 Å². The molecule has 0 amide bonds. The molecule has 1 aliphatic heterocycles. The largest absolute Gasteiger partial charge is 0.416 e. The summed E-state index contributed by atoms with van der Waals surface area (Å²) in [7, 11) is 1.69. The minimum absolute atomic E-state index is 0. The second kappa shape index (κ2) is 9.88. The summed E-state index contributed by atoms with van der Waals surface area (Å²) >= 11 is 1.57. The molecule has 1 unspecified atom stereocenters. The number of aryl methyl sites for hydroxylation is 1. The first-order valence-electron chi connectivity index (χ1n) is 8.52. The van der Waals surface area contributed by atoms with E-state index in [1.165, 1.54) is 6.07 Å². The molecular formula is C18H22F3IN4OS. The lowest BCUT2D eigenvalue weighted by Gasteiger charge is -2.35. The zero-order valence-corrected chi connectivity index (χ0v) is 18.6. The molecule has 2 heterocycles. The van der Waals surface area contributed by atoms with Gasteiger partial charge in [-0.15, -0.1) is 35.3 Å². The van der Waals surface area contributed by atoms with E-state index in [2.05, 4.69) is 15.3 Å². The molecule has 0 spiro atoms. The highest BCUT2D eigenvalue weighted by Gasteiger charge is 2.32. The van der Waals surface area contributed by atoms with Gasteiger partial charge in [-0.05, 0) is 24.6 Å². The fourth-order valence-electron chi connectivity index (χ4n) is 2.95. The number of guanidine groups is 1. The van der Waals surface area contributed by atoms with Crippen molar-refractivity contribution >= 4 is 41.3 Å². The molecule has 1 aromatic heterocycles. The number of nitrogens with one attached hydrogen (secondary N) is 1. The van der Waals surface area contributed by atoms with Gasteiger partial charge in [0.15, 0.2) is 5.96 Å². The SMILES string of the molecule is CN=C(NCc1scnc1C)N1CCOC(c2cccc(C(F)(F)F)c2)C1.I. The topological polar surface area (TPSA) is 49.8 Å². The molecule has 1 aromatic carbocycles. The lowest BCUT2D eigenvalue weighted by molar-refractivity contribution is -0.137. The van der Waals surface area contributed by atoms with Crippen LogP contribution >= 0.6 is 35.3 Å². The summed E-state index contributed by atoms with van der Waals surface area (Å²) in [4.78, 5) is 11.7. The van der Waals surface area contributed by atoms with E-state index in [0.29, 0.717) is 37.8 Å². The number of morpholine rings is 1. The van der Waals surface area contributed by atoms with Gasteiger partial charge in [0.25, 0.3) is 0 Å². The summed E-state index contributed by atoms with van der Waals surface area (Å²) in [6.45, 7) is 4.03. The van der Waals surface area contributed by atoms with Crippen LogP contribution in [0.3, 0.4) is 0 Å². The Balaban J connectivity index is 0.00000280. The molecule has 10 heteroatoms. The first-order chi connectivity index (χ1) is 12.9. The Morgan fingerprint density at radius 1 is 1.43 bits per heavy atom. The molecule has 0 bridgehead atoms. The van der Waals surface area contributed by atoms with Crippen LogP contribution in [0.4, 0.5) is 13.2 Å². The minimum atomic E-state index is -4.37. The number of nitrogens with zero attached hydrogens (tertiary/aromatic N) is 3. The van der Waals surface area contributed by atoms with Crippen LogP contribution < -0.4 is 5.32 Å². The molecule has 154 valence electrons. The van der Waals surface area contributed by atoms with E-state index in [9.17, 15) is 13.2 Å². The van der Waals surface area contributed by atoms with Gasteiger partial charge in [0.05, 0.1) is 36.5 Å². The Morgan fingerprint density at radius 2 is 2.21 bits per heavy atom. The molecule has 5 nitrogen and oxygen atoms in total. The van der Waals surface area contributed by atoms with Crippen molar-refractivity contribution in [1.29, 1.82) is 0 Å². The van der Waals surface area contributed by atoms with Gasteiger partial charge in [-0.3, -0.25) is 4.99 Å². The maximum Gasteiger partial charge on any atom is 0.416 e. The van der Waals surface area contributed by atoms with Crippen molar-refractivity contribution < 1.29 is 17.9 Å². The van der Waals surface area contributed by atoms with Crippen LogP contribution in [0.1, 0.15) is 27.8 Å². The lowest BCUT2D eigenvalue weighted by atomic mass is 10.0. The Bertz CT molecular complexity index is 812. The predicted octanol–water partition coefficient (Wildman–Crippen LogP) is 4.24. The van der Waals surface area contributed by atoms with Gasteiger partial charge in [-0.25, -0.2) is 4.98 Å². The van der Waals surface area contributed by atoms with Crippen LogP contribution in [0.15, 0.2) is 34.8 Å². The van der Waals surface area contributed by atoms with Gasteiger partial charge in [-0.2, -0.15) is 13.2 Å². The van der Waals surface area contributed by atoms with Crippen LogP contribution in [-0.4, -0.2) is 42.6 Å². The summed E-state index contributed by atoms with van der Waals surface area (Å²) in [5, 5.41) is 3.30. The molecule has 0 aliphatic carbocycles. The monoisotopic (exact) mass is 526 g/mol. The first kappa shape index (κ1) is 22.9. The van der Waals surface area contributed by atoms with Gasteiger partial charge < -0.3 is 15.0 Å². The molecule has 2 aromatic rings. The molecule has 1 N–H and O–H groups in total. The van der Waals surface area contributed by atoms with E-state index >= 15 is 0 Å². The van der Waals surface area contributed by atoms with Crippen molar-refractivity contribution in [2.24, 2.45) is 4.99 Å². The van der Waals surface area contributed by atoms with Gasteiger partial charge in [0.1, 0.15) is 6.10 Å². The number of halogens is 4. The summed E-state index contributed by atoms with van der Waals surface area (Å²) in [6, 6.07) is 5.31. The fourth-order valence-corrected chi connectivity index (χ4v) is 3.66. The zero-order chi connectivity index (χ0) is 19.4. The number of benzene rings is 1. The third-order valence-electron chi connectivity index (χ3n) is 4.42. The maximum atomic E-state index is 13.0. The van der Waals surface area contributed by atoms with Crippen molar-refractivity contribution in [3.05, 3.63) is 51.5 Å². The van der Waals surface area contributed by atoms with Gasteiger partial charge in [0, 0.05) is 18.5 Å². The summed E-state index contributed by atoms with van der Waals surface area (Å²) in [5.74, 6) is 0.697. The molecule has 0 radical (unpaired) electrons. The average molecular weight is 526 g/mol. The fraction of sp³-hybridized carbons (Fsp3) is 0.444. The van der Waals surface area contributed by atoms with Crippen molar-refractivity contribution in [3.63, 3.8) is 0 Å². The quantitative estimate of drug-likeness (QED) is 0.370. The number of thiazole rings is 1. The highest BCUT2D eigenvalue weighted by atomic mass is 127. The van der Waals surface area contributed by atoms with Crippen LogP contribution in [0, 0.1) is 6.92 Å². The third kappa shape index (κ3) is 5.57. The predicted molar refractivity (Wildman–Crippen MR) is 114 cm³/mol. The molecule has 1 saturated heterocycles. The van der Waals surface area contributed by atoms with Gasteiger partial charge in [0.2, 0.25) is 0 Å². The van der Waals surface area contributed by atoms with E-state index in [-0.39, 0.29) is 24.0 Å².